The number of aromatic nitrogens is 4. The van der Waals surface area contributed by atoms with Gasteiger partial charge < -0.3 is 15.3 Å². The van der Waals surface area contributed by atoms with Crippen LogP contribution >= 0.6 is 12.4 Å². The first-order valence-corrected chi connectivity index (χ1v) is 8.12. The summed E-state index contributed by atoms with van der Waals surface area (Å²) in [5.74, 6) is 0.823. The summed E-state index contributed by atoms with van der Waals surface area (Å²) in [7, 11) is 0. The number of nitrogens with one attached hydrogen (secondary N) is 1. The number of aliphatic hydroxyl groups is 1. The van der Waals surface area contributed by atoms with E-state index >= 15 is 0 Å². The molecular weight excluding hydrogens is 316 g/mol. The Morgan fingerprint density at radius 1 is 1.09 bits per heavy atom. The van der Waals surface area contributed by atoms with Gasteiger partial charge in [-0.15, -0.1) is 12.4 Å². The molecule has 2 N–H and O–H groups in total. The maximum absolute atomic E-state index is 9.05. The van der Waals surface area contributed by atoms with Gasteiger partial charge in [-0.2, -0.15) is 5.10 Å². The fraction of sp³-hybridized carbons (Fsp3) is 0.667. The molecule has 2 aromatic heterocycles. The number of rotatable bonds is 6. The van der Waals surface area contributed by atoms with E-state index in [1.165, 1.54) is 38.8 Å². The molecule has 0 radical (unpaired) electrons. The van der Waals surface area contributed by atoms with Gasteiger partial charge in [0, 0.05) is 13.1 Å². The number of halogens is 1. The maximum atomic E-state index is 9.05. The molecule has 2 aromatic rings. The molecule has 128 valence electrons. The number of hydrogen-bond acceptors (Lipinski definition) is 6. The molecule has 3 heterocycles. The van der Waals surface area contributed by atoms with Gasteiger partial charge >= 0.3 is 0 Å². The van der Waals surface area contributed by atoms with Crippen LogP contribution in [-0.4, -0.2) is 62.5 Å². The van der Waals surface area contributed by atoms with Crippen LogP contribution in [0.3, 0.4) is 0 Å². The zero-order valence-electron chi connectivity index (χ0n) is 13.3. The van der Waals surface area contributed by atoms with Gasteiger partial charge in [-0.25, -0.2) is 14.6 Å². The number of nitrogens with zero attached hydrogens (tertiary/aromatic N) is 5. The topological polar surface area (TPSA) is 79.1 Å². The molecule has 1 aliphatic heterocycles. The molecule has 23 heavy (non-hydrogen) atoms. The van der Waals surface area contributed by atoms with Crippen molar-refractivity contribution in [2.45, 2.75) is 32.2 Å². The van der Waals surface area contributed by atoms with Crippen LogP contribution in [0.25, 0.3) is 11.0 Å². The third-order valence-electron chi connectivity index (χ3n) is 4.16. The second-order valence-electron chi connectivity index (χ2n) is 5.73. The first-order valence-electron chi connectivity index (χ1n) is 8.12. The minimum atomic E-state index is 0. The smallest absolute Gasteiger partial charge is 0.163 e. The molecule has 1 saturated heterocycles. The molecule has 0 bridgehead atoms. The van der Waals surface area contributed by atoms with Crippen molar-refractivity contribution in [3.05, 3.63) is 12.5 Å². The van der Waals surface area contributed by atoms with Crippen LogP contribution in [0.15, 0.2) is 12.5 Å². The van der Waals surface area contributed by atoms with Crippen LogP contribution in [0.4, 0.5) is 5.82 Å². The molecule has 7 nitrogen and oxygen atoms in total. The number of likely N-dealkylation sites (tertiary alicyclic amines) is 1. The number of fused-ring (bicyclic) bond motifs is 1. The van der Waals surface area contributed by atoms with Crippen LogP contribution in [0, 0.1) is 0 Å². The zero-order valence-corrected chi connectivity index (χ0v) is 14.1. The van der Waals surface area contributed by atoms with E-state index in [1.807, 2.05) is 0 Å². The van der Waals surface area contributed by atoms with Gasteiger partial charge in [0.1, 0.15) is 12.1 Å². The van der Waals surface area contributed by atoms with E-state index in [9.17, 15) is 0 Å². The molecule has 0 atom stereocenters. The summed E-state index contributed by atoms with van der Waals surface area (Å²) in [6.45, 7) is 4.82. The van der Waals surface area contributed by atoms with Crippen LogP contribution < -0.4 is 5.32 Å². The number of anilines is 1. The second-order valence-corrected chi connectivity index (χ2v) is 5.73. The molecule has 1 fully saturated rings. The van der Waals surface area contributed by atoms with E-state index in [4.69, 9.17) is 5.11 Å². The largest absolute Gasteiger partial charge is 0.394 e. The average Bonchev–Trinajstić information content (AvgIpc) is 2.78. The molecular formula is C15H25ClN6O. The van der Waals surface area contributed by atoms with Crippen molar-refractivity contribution in [1.29, 1.82) is 0 Å². The fourth-order valence-electron chi connectivity index (χ4n) is 2.98. The van der Waals surface area contributed by atoms with Crippen molar-refractivity contribution >= 4 is 29.3 Å². The number of hydrogen-bond donors (Lipinski definition) is 2. The van der Waals surface area contributed by atoms with Crippen LogP contribution in [-0.2, 0) is 6.54 Å². The molecule has 1 aliphatic rings. The Labute approximate surface area is 142 Å². The quantitative estimate of drug-likeness (QED) is 0.830. The first-order chi connectivity index (χ1) is 10.9. The lowest BCUT2D eigenvalue weighted by atomic mass is 10.2. The Kier molecular flexibility index (Phi) is 7.01. The molecule has 0 spiro atoms. The van der Waals surface area contributed by atoms with E-state index in [1.54, 1.807) is 17.2 Å². The van der Waals surface area contributed by atoms with Crippen LogP contribution in [0.1, 0.15) is 25.7 Å². The van der Waals surface area contributed by atoms with E-state index < -0.39 is 0 Å². The van der Waals surface area contributed by atoms with Crippen molar-refractivity contribution in [1.82, 2.24) is 24.6 Å². The Morgan fingerprint density at radius 3 is 2.61 bits per heavy atom. The van der Waals surface area contributed by atoms with Crippen molar-refractivity contribution < 1.29 is 5.11 Å². The maximum Gasteiger partial charge on any atom is 0.163 e. The van der Waals surface area contributed by atoms with E-state index in [0.29, 0.717) is 6.54 Å². The van der Waals surface area contributed by atoms with E-state index in [-0.39, 0.29) is 19.0 Å². The van der Waals surface area contributed by atoms with Gasteiger partial charge in [-0.05, 0) is 25.9 Å². The van der Waals surface area contributed by atoms with E-state index in [2.05, 4.69) is 25.3 Å². The third-order valence-corrected chi connectivity index (χ3v) is 4.16. The van der Waals surface area contributed by atoms with Gasteiger partial charge in [-0.3, -0.25) is 0 Å². The SMILES string of the molecule is Cl.OCCn1ncc2c(NCCN3CCCCCC3)ncnc21. The number of aliphatic hydroxyl groups excluding tert-OH is 1. The summed E-state index contributed by atoms with van der Waals surface area (Å²) < 4.78 is 1.71. The molecule has 3 rings (SSSR count). The van der Waals surface area contributed by atoms with Crippen molar-refractivity contribution in [2.75, 3.05) is 38.1 Å². The summed E-state index contributed by atoms with van der Waals surface area (Å²) in [6, 6.07) is 0. The lowest BCUT2D eigenvalue weighted by molar-refractivity contribution is 0.271. The highest BCUT2D eigenvalue weighted by molar-refractivity contribution is 5.86. The normalized spacial score (nSPS) is 16.0. The highest BCUT2D eigenvalue weighted by Crippen LogP contribution is 2.18. The Morgan fingerprint density at radius 2 is 1.87 bits per heavy atom. The van der Waals surface area contributed by atoms with E-state index in [0.717, 1.165) is 29.9 Å². The highest BCUT2D eigenvalue weighted by atomic mass is 35.5. The summed E-state index contributed by atoms with van der Waals surface area (Å²) in [6.07, 6.45) is 8.66. The Hall–Kier alpha value is -1.44. The summed E-state index contributed by atoms with van der Waals surface area (Å²) in [5.41, 5.74) is 0.765. The van der Waals surface area contributed by atoms with Crippen LogP contribution in [0.5, 0.6) is 0 Å². The van der Waals surface area contributed by atoms with Crippen molar-refractivity contribution in [2.24, 2.45) is 0 Å². The minimum absolute atomic E-state index is 0. The second kappa shape index (κ2) is 9.00. The Balaban J connectivity index is 0.00000192. The minimum Gasteiger partial charge on any atom is -0.394 e. The molecule has 0 saturated carbocycles. The van der Waals surface area contributed by atoms with Crippen LogP contribution in [0.2, 0.25) is 0 Å². The Bertz CT molecular complexity index is 597. The molecule has 0 aliphatic carbocycles. The van der Waals surface area contributed by atoms with Gasteiger partial charge in [0.25, 0.3) is 0 Å². The molecule has 8 heteroatoms. The summed E-state index contributed by atoms with van der Waals surface area (Å²) in [5, 5.41) is 17.6. The predicted octanol–water partition coefficient (Wildman–Crippen LogP) is 1.53. The standard InChI is InChI=1S/C15H24N6O.ClH/c22-10-9-21-15-13(11-19-21)14(17-12-18-15)16-5-8-20-6-3-1-2-4-7-20;/h11-12,22H,1-10H2,(H,16,17,18);1H. The predicted molar refractivity (Wildman–Crippen MR) is 93.1 cm³/mol. The highest BCUT2D eigenvalue weighted by Gasteiger charge is 2.11. The van der Waals surface area contributed by atoms with Gasteiger partial charge in [-0.1, -0.05) is 12.8 Å². The van der Waals surface area contributed by atoms with Crippen molar-refractivity contribution in [3.63, 3.8) is 0 Å². The molecule has 0 unspecified atom stereocenters. The monoisotopic (exact) mass is 340 g/mol. The lowest BCUT2D eigenvalue weighted by Gasteiger charge is -2.19. The molecule has 0 aromatic carbocycles. The van der Waals surface area contributed by atoms with Gasteiger partial charge in [0.15, 0.2) is 5.65 Å². The summed E-state index contributed by atoms with van der Waals surface area (Å²) in [4.78, 5) is 11.1. The molecule has 0 amide bonds. The van der Waals surface area contributed by atoms with Crippen molar-refractivity contribution in [3.8, 4) is 0 Å². The third kappa shape index (κ3) is 4.53. The average molecular weight is 341 g/mol. The lowest BCUT2D eigenvalue weighted by Crippen LogP contribution is -2.30. The summed E-state index contributed by atoms with van der Waals surface area (Å²) >= 11 is 0. The fourth-order valence-corrected chi connectivity index (χ4v) is 2.98. The van der Waals surface area contributed by atoms with Gasteiger partial charge in [0.05, 0.1) is 24.7 Å². The first kappa shape index (κ1) is 17.9. The zero-order chi connectivity index (χ0) is 15.2. The van der Waals surface area contributed by atoms with Gasteiger partial charge in [0.2, 0.25) is 0 Å².